The quantitative estimate of drug-likeness (QED) is 0.857. The summed E-state index contributed by atoms with van der Waals surface area (Å²) in [6.07, 6.45) is 1.33. The van der Waals surface area contributed by atoms with Crippen molar-refractivity contribution in [3.63, 3.8) is 0 Å². The van der Waals surface area contributed by atoms with Crippen LogP contribution in [0.2, 0.25) is 0 Å². The average Bonchev–Trinajstić information content (AvgIpc) is 2.89. The van der Waals surface area contributed by atoms with E-state index in [1.807, 2.05) is 6.07 Å². The second-order valence-electron chi connectivity index (χ2n) is 5.11. The van der Waals surface area contributed by atoms with Crippen molar-refractivity contribution in [2.75, 3.05) is 17.7 Å². The summed E-state index contributed by atoms with van der Waals surface area (Å²) in [5.41, 5.74) is 0.563. The second-order valence-corrected chi connectivity index (χ2v) is 8.39. The minimum atomic E-state index is -3.52. The molecule has 1 fully saturated rings. The molecule has 1 aliphatic heterocycles. The standard InChI is InChI=1S/C14H18BrNO4S/c1-10(21(18,19)9-13-6-3-7-20-13)14(17)16-12-5-2-4-11(15)8-12/h2,4-5,8,10,13H,3,6-7,9H2,1H3,(H,16,17)/t10-,13-/m0/s1. The largest absolute Gasteiger partial charge is 0.377 e. The first kappa shape index (κ1) is 16.5. The Labute approximate surface area is 133 Å². The van der Waals surface area contributed by atoms with Crippen molar-refractivity contribution in [3.05, 3.63) is 28.7 Å². The van der Waals surface area contributed by atoms with E-state index in [1.54, 1.807) is 18.2 Å². The maximum absolute atomic E-state index is 12.2. The van der Waals surface area contributed by atoms with Gasteiger partial charge in [-0.3, -0.25) is 4.79 Å². The third kappa shape index (κ3) is 4.52. The summed E-state index contributed by atoms with van der Waals surface area (Å²) >= 11 is 3.30. The van der Waals surface area contributed by atoms with Crippen molar-refractivity contribution in [2.24, 2.45) is 0 Å². The van der Waals surface area contributed by atoms with Crippen molar-refractivity contribution < 1.29 is 17.9 Å². The van der Waals surface area contributed by atoms with Crippen LogP contribution in [0.5, 0.6) is 0 Å². The van der Waals surface area contributed by atoms with Gasteiger partial charge in [0.15, 0.2) is 9.84 Å². The normalized spacial score (nSPS) is 20.2. The Balaban J connectivity index is 2.00. The van der Waals surface area contributed by atoms with Gasteiger partial charge in [0.25, 0.3) is 0 Å². The lowest BCUT2D eigenvalue weighted by Gasteiger charge is -2.16. The number of nitrogens with one attached hydrogen (secondary N) is 1. The number of rotatable bonds is 5. The SMILES string of the molecule is C[C@@H](C(=O)Nc1cccc(Br)c1)S(=O)(=O)C[C@@H]1CCCO1. The lowest BCUT2D eigenvalue weighted by Crippen LogP contribution is -2.37. The third-order valence-corrected chi connectivity index (χ3v) is 6.06. The van der Waals surface area contributed by atoms with Crippen LogP contribution in [-0.4, -0.2) is 38.0 Å². The molecule has 0 saturated carbocycles. The molecule has 0 aromatic heterocycles. The zero-order valence-corrected chi connectivity index (χ0v) is 14.1. The summed E-state index contributed by atoms with van der Waals surface area (Å²) in [4.78, 5) is 12.1. The van der Waals surface area contributed by atoms with Gasteiger partial charge in [-0.2, -0.15) is 0 Å². The van der Waals surface area contributed by atoms with Crippen LogP contribution in [0, 0.1) is 0 Å². The van der Waals surface area contributed by atoms with Crippen LogP contribution in [0.1, 0.15) is 19.8 Å². The van der Waals surface area contributed by atoms with Crippen LogP contribution in [0.25, 0.3) is 0 Å². The summed E-state index contributed by atoms with van der Waals surface area (Å²) in [6.45, 7) is 2.01. The average molecular weight is 376 g/mol. The van der Waals surface area contributed by atoms with Crippen molar-refractivity contribution in [3.8, 4) is 0 Å². The Morgan fingerprint density at radius 3 is 2.90 bits per heavy atom. The molecule has 0 radical (unpaired) electrons. The van der Waals surface area contributed by atoms with Gasteiger partial charge in [-0.25, -0.2) is 8.42 Å². The minimum absolute atomic E-state index is 0.0972. The zero-order valence-electron chi connectivity index (χ0n) is 11.7. The molecule has 0 aliphatic carbocycles. The van der Waals surface area contributed by atoms with Gasteiger partial charge in [-0.05, 0) is 38.0 Å². The van der Waals surface area contributed by atoms with Crippen molar-refractivity contribution in [1.29, 1.82) is 0 Å². The summed E-state index contributed by atoms with van der Waals surface area (Å²) < 4.78 is 30.6. The molecule has 0 spiro atoms. The molecular weight excluding hydrogens is 358 g/mol. The minimum Gasteiger partial charge on any atom is -0.377 e. The van der Waals surface area contributed by atoms with Gasteiger partial charge in [-0.1, -0.05) is 22.0 Å². The van der Waals surface area contributed by atoms with Crippen LogP contribution in [0.4, 0.5) is 5.69 Å². The van der Waals surface area contributed by atoms with E-state index < -0.39 is 21.0 Å². The number of amides is 1. The molecule has 1 heterocycles. The van der Waals surface area contributed by atoms with Gasteiger partial charge in [-0.15, -0.1) is 0 Å². The Kier molecular flexibility index (Phi) is 5.40. The zero-order chi connectivity index (χ0) is 15.5. The number of carbonyl (C=O) groups excluding carboxylic acids is 1. The van der Waals surface area contributed by atoms with Crippen molar-refractivity contribution in [1.82, 2.24) is 0 Å². The third-order valence-electron chi connectivity index (χ3n) is 3.44. The topological polar surface area (TPSA) is 72.5 Å². The van der Waals surface area contributed by atoms with E-state index in [-0.39, 0.29) is 11.9 Å². The molecule has 1 aromatic carbocycles. The van der Waals surface area contributed by atoms with E-state index in [9.17, 15) is 13.2 Å². The van der Waals surface area contributed by atoms with Gasteiger partial charge in [0.1, 0.15) is 5.25 Å². The fourth-order valence-corrected chi connectivity index (χ4v) is 4.01. The molecule has 2 rings (SSSR count). The van der Waals surface area contributed by atoms with Crippen LogP contribution < -0.4 is 5.32 Å². The van der Waals surface area contributed by atoms with Gasteiger partial charge in [0.2, 0.25) is 5.91 Å². The van der Waals surface area contributed by atoms with Crippen LogP contribution in [-0.2, 0) is 19.4 Å². The molecule has 5 nitrogen and oxygen atoms in total. The van der Waals surface area contributed by atoms with Gasteiger partial charge in [0, 0.05) is 16.8 Å². The molecule has 1 aromatic rings. The van der Waals surface area contributed by atoms with Gasteiger partial charge in [0.05, 0.1) is 11.9 Å². The molecule has 0 unspecified atom stereocenters. The molecule has 1 N–H and O–H groups in total. The Hall–Kier alpha value is -0.920. The van der Waals surface area contributed by atoms with E-state index in [0.29, 0.717) is 12.3 Å². The second kappa shape index (κ2) is 6.89. The number of ether oxygens (including phenoxy) is 1. The molecule has 1 saturated heterocycles. The van der Waals surface area contributed by atoms with E-state index in [4.69, 9.17) is 4.74 Å². The number of sulfone groups is 1. The molecule has 21 heavy (non-hydrogen) atoms. The highest BCUT2D eigenvalue weighted by atomic mass is 79.9. The Morgan fingerprint density at radius 2 is 2.29 bits per heavy atom. The fourth-order valence-electron chi connectivity index (χ4n) is 2.15. The van der Waals surface area contributed by atoms with E-state index in [2.05, 4.69) is 21.2 Å². The summed E-state index contributed by atoms with van der Waals surface area (Å²) in [5, 5.41) is 1.53. The van der Waals surface area contributed by atoms with E-state index >= 15 is 0 Å². The molecule has 7 heteroatoms. The molecule has 116 valence electrons. The van der Waals surface area contributed by atoms with Gasteiger partial charge < -0.3 is 10.1 Å². The monoisotopic (exact) mass is 375 g/mol. The summed E-state index contributed by atoms with van der Waals surface area (Å²) in [5.74, 6) is -0.619. The summed E-state index contributed by atoms with van der Waals surface area (Å²) in [6, 6.07) is 7.03. The highest BCUT2D eigenvalue weighted by Crippen LogP contribution is 2.19. The van der Waals surface area contributed by atoms with Crippen LogP contribution in [0.3, 0.4) is 0 Å². The van der Waals surface area contributed by atoms with Crippen LogP contribution in [0.15, 0.2) is 28.7 Å². The number of hydrogen-bond donors (Lipinski definition) is 1. The molecule has 1 aliphatic rings. The lowest BCUT2D eigenvalue weighted by molar-refractivity contribution is -0.115. The predicted octanol–water partition coefficient (Wildman–Crippen LogP) is 2.37. The smallest absolute Gasteiger partial charge is 0.242 e. The number of benzene rings is 1. The van der Waals surface area contributed by atoms with Gasteiger partial charge >= 0.3 is 0 Å². The predicted molar refractivity (Wildman–Crippen MR) is 85.0 cm³/mol. The lowest BCUT2D eigenvalue weighted by atomic mass is 10.3. The fraction of sp³-hybridized carbons (Fsp3) is 0.500. The number of anilines is 1. The first-order valence-electron chi connectivity index (χ1n) is 6.78. The number of hydrogen-bond acceptors (Lipinski definition) is 4. The van der Waals surface area contributed by atoms with E-state index in [0.717, 1.165) is 17.3 Å². The molecule has 2 atom stereocenters. The molecule has 1 amide bonds. The first-order chi connectivity index (χ1) is 9.88. The Morgan fingerprint density at radius 1 is 1.52 bits per heavy atom. The van der Waals surface area contributed by atoms with Crippen molar-refractivity contribution in [2.45, 2.75) is 31.1 Å². The molecular formula is C14H18BrNO4S. The highest BCUT2D eigenvalue weighted by molar-refractivity contribution is 9.10. The number of carbonyl (C=O) groups is 1. The maximum atomic E-state index is 12.2. The molecule has 0 bridgehead atoms. The Bertz CT molecular complexity index is 611. The highest BCUT2D eigenvalue weighted by Gasteiger charge is 2.32. The number of halogens is 1. The summed E-state index contributed by atoms with van der Waals surface area (Å²) in [7, 11) is -3.52. The van der Waals surface area contributed by atoms with E-state index in [1.165, 1.54) is 6.92 Å². The maximum Gasteiger partial charge on any atom is 0.242 e. The van der Waals surface area contributed by atoms with Crippen LogP contribution >= 0.6 is 15.9 Å². The first-order valence-corrected chi connectivity index (χ1v) is 9.29. The van der Waals surface area contributed by atoms with Crippen molar-refractivity contribution >= 4 is 37.4 Å².